The highest BCUT2D eigenvalue weighted by Gasteiger charge is 2.28. The molecule has 0 saturated carbocycles. The first-order valence-corrected chi connectivity index (χ1v) is 7.26. The van der Waals surface area contributed by atoms with Crippen LogP contribution < -0.4 is 9.64 Å². The molecule has 3 aromatic rings. The molecule has 1 aliphatic rings. The number of hydrogen-bond acceptors (Lipinski definition) is 7. The van der Waals surface area contributed by atoms with Crippen molar-refractivity contribution in [1.29, 1.82) is 0 Å². The first kappa shape index (κ1) is 14.2. The number of para-hydroxylation sites is 1. The van der Waals surface area contributed by atoms with Gasteiger partial charge in [0, 0.05) is 11.9 Å². The highest BCUT2D eigenvalue weighted by Crippen LogP contribution is 2.34. The van der Waals surface area contributed by atoms with Crippen LogP contribution in [0.3, 0.4) is 0 Å². The molecule has 0 atom stereocenters. The van der Waals surface area contributed by atoms with E-state index < -0.39 is 6.16 Å². The second-order valence-corrected chi connectivity index (χ2v) is 5.05. The molecule has 2 aromatic heterocycles. The molecule has 0 fully saturated rings. The fourth-order valence-corrected chi connectivity index (χ4v) is 2.58. The summed E-state index contributed by atoms with van der Waals surface area (Å²) >= 11 is 0. The molecular weight excluding hydrogens is 310 g/mol. The number of fused-ring (bicyclic) bond motifs is 3. The maximum atomic E-state index is 11.3. The Morgan fingerprint density at radius 1 is 1.17 bits per heavy atom. The smallest absolute Gasteiger partial charge is 0.437 e. The maximum absolute atomic E-state index is 11.3. The molecule has 0 bridgehead atoms. The van der Waals surface area contributed by atoms with Crippen LogP contribution in [0.1, 0.15) is 5.82 Å². The third-order valence-corrected chi connectivity index (χ3v) is 3.61. The summed E-state index contributed by atoms with van der Waals surface area (Å²) in [6, 6.07) is 13.5. The fourth-order valence-electron chi connectivity index (χ4n) is 2.58. The Bertz CT molecular complexity index is 894. The zero-order valence-corrected chi connectivity index (χ0v) is 12.8. The largest absolute Gasteiger partial charge is 0.516 e. The number of rotatable bonds is 2. The van der Waals surface area contributed by atoms with E-state index >= 15 is 0 Å². The number of carbonyl (C=O) groups excluding carboxylic acids is 1. The van der Waals surface area contributed by atoms with Gasteiger partial charge in [-0.2, -0.15) is 4.98 Å². The summed E-state index contributed by atoms with van der Waals surface area (Å²) in [6.07, 6.45) is 0.868. The number of benzene rings is 1. The lowest BCUT2D eigenvalue weighted by Gasteiger charge is -2.29. The van der Waals surface area contributed by atoms with Crippen LogP contribution in [0.4, 0.5) is 16.3 Å². The minimum Gasteiger partial charge on any atom is -0.437 e. The van der Waals surface area contributed by atoms with E-state index in [-0.39, 0.29) is 6.01 Å². The Morgan fingerprint density at radius 2 is 2.00 bits per heavy atom. The summed E-state index contributed by atoms with van der Waals surface area (Å²) in [5, 5.41) is 4.22. The van der Waals surface area contributed by atoms with Gasteiger partial charge in [-0.1, -0.05) is 18.2 Å². The van der Waals surface area contributed by atoms with Crippen molar-refractivity contribution in [2.45, 2.75) is 6.54 Å². The Labute approximate surface area is 137 Å². The van der Waals surface area contributed by atoms with E-state index in [1.165, 1.54) is 7.11 Å². The Balaban J connectivity index is 1.79. The summed E-state index contributed by atoms with van der Waals surface area (Å²) in [5.41, 5.74) is 1.75. The second kappa shape index (κ2) is 5.65. The summed E-state index contributed by atoms with van der Waals surface area (Å²) < 4.78 is 11.0. The molecule has 120 valence electrons. The van der Waals surface area contributed by atoms with E-state index in [1.54, 1.807) is 10.9 Å². The van der Waals surface area contributed by atoms with Gasteiger partial charge in [0.25, 0.3) is 0 Å². The van der Waals surface area contributed by atoms with Gasteiger partial charge in [0.05, 0.1) is 13.7 Å². The molecule has 0 unspecified atom stereocenters. The molecule has 8 heteroatoms. The summed E-state index contributed by atoms with van der Waals surface area (Å²) in [6.45, 7) is 0.450. The molecule has 0 N–H and O–H groups in total. The van der Waals surface area contributed by atoms with Crippen molar-refractivity contribution < 1.29 is 14.3 Å². The fraction of sp³-hybridized carbons (Fsp3) is 0.125. The van der Waals surface area contributed by atoms with Gasteiger partial charge in [0.15, 0.2) is 11.6 Å². The number of methoxy groups -OCH3 is 1. The number of anilines is 2. The van der Waals surface area contributed by atoms with Gasteiger partial charge in [0.2, 0.25) is 0 Å². The van der Waals surface area contributed by atoms with Crippen molar-refractivity contribution in [3.05, 3.63) is 54.5 Å². The SMILES string of the molecule is COC(=O)Oc1nc2n(n1)-c1cccnc1N(c1ccccc1)C2. The van der Waals surface area contributed by atoms with Gasteiger partial charge in [0.1, 0.15) is 5.69 Å². The third kappa shape index (κ3) is 2.34. The second-order valence-electron chi connectivity index (χ2n) is 5.05. The Morgan fingerprint density at radius 3 is 2.79 bits per heavy atom. The highest BCUT2D eigenvalue weighted by molar-refractivity contribution is 5.69. The van der Waals surface area contributed by atoms with Crippen molar-refractivity contribution in [3.63, 3.8) is 0 Å². The van der Waals surface area contributed by atoms with Crippen LogP contribution in [-0.4, -0.2) is 33.0 Å². The number of carbonyl (C=O) groups is 1. The molecule has 0 radical (unpaired) electrons. The zero-order chi connectivity index (χ0) is 16.5. The molecule has 1 aromatic carbocycles. The number of pyridine rings is 1. The number of ether oxygens (including phenoxy) is 2. The Kier molecular flexibility index (Phi) is 3.34. The number of nitrogens with zero attached hydrogens (tertiary/aromatic N) is 5. The molecule has 0 amide bonds. The average molecular weight is 323 g/mol. The van der Waals surface area contributed by atoms with Crippen LogP contribution in [0.25, 0.3) is 5.69 Å². The predicted octanol–water partition coefficient (Wildman–Crippen LogP) is 2.46. The molecular formula is C16H13N5O3. The van der Waals surface area contributed by atoms with Crippen LogP contribution in [0.15, 0.2) is 48.7 Å². The summed E-state index contributed by atoms with van der Waals surface area (Å²) in [4.78, 5) is 22.0. The van der Waals surface area contributed by atoms with Crippen LogP contribution in [-0.2, 0) is 11.3 Å². The number of aromatic nitrogens is 4. The lowest BCUT2D eigenvalue weighted by molar-refractivity contribution is 0.118. The number of hydrogen-bond donors (Lipinski definition) is 0. The van der Waals surface area contributed by atoms with Crippen molar-refractivity contribution in [2.75, 3.05) is 12.0 Å². The van der Waals surface area contributed by atoms with Crippen LogP contribution in [0, 0.1) is 0 Å². The molecule has 3 heterocycles. The van der Waals surface area contributed by atoms with Crippen LogP contribution >= 0.6 is 0 Å². The Hall–Kier alpha value is -3.42. The zero-order valence-electron chi connectivity index (χ0n) is 12.8. The normalized spacial score (nSPS) is 12.3. The average Bonchev–Trinajstić information content (AvgIpc) is 3.04. The topological polar surface area (TPSA) is 82.4 Å². The maximum Gasteiger partial charge on any atom is 0.516 e. The predicted molar refractivity (Wildman–Crippen MR) is 84.5 cm³/mol. The standard InChI is InChI=1S/C16H13N5O3/c1-23-16(22)24-15-18-13-10-20(11-6-3-2-4-7-11)14-12(21(13)19-15)8-5-9-17-14/h2-9H,10H2,1H3. The quantitative estimate of drug-likeness (QED) is 0.670. The van der Waals surface area contributed by atoms with Crippen molar-refractivity contribution >= 4 is 17.7 Å². The third-order valence-electron chi connectivity index (χ3n) is 3.61. The minimum absolute atomic E-state index is 0.0541. The molecule has 0 aliphatic carbocycles. The van der Waals surface area contributed by atoms with E-state index in [1.807, 2.05) is 47.4 Å². The van der Waals surface area contributed by atoms with E-state index in [2.05, 4.69) is 19.8 Å². The highest BCUT2D eigenvalue weighted by atomic mass is 16.7. The molecule has 0 spiro atoms. The van der Waals surface area contributed by atoms with Crippen molar-refractivity contribution in [1.82, 2.24) is 19.7 Å². The van der Waals surface area contributed by atoms with Gasteiger partial charge < -0.3 is 14.4 Å². The van der Waals surface area contributed by atoms with Crippen LogP contribution in [0.2, 0.25) is 0 Å². The lowest BCUT2D eigenvalue weighted by atomic mass is 10.2. The van der Waals surface area contributed by atoms with E-state index in [4.69, 9.17) is 4.74 Å². The van der Waals surface area contributed by atoms with E-state index in [0.29, 0.717) is 12.4 Å². The summed E-state index contributed by atoms with van der Waals surface area (Å²) in [7, 11) is 1.23. The summed E-state index contributed by atoms with van der Waals surface area (Å²) in [5.74, 6) is 1.39. The molecule has 4 rings (SSSR count). The van der Waals surface area contributed by atoms with Gasteiger partial charge in [-0.3, -0.25) is 0 Å². The molecule has 24 heavy (non-hydrogen) atoms. The molecule has 8 nitrogen and oxygen atoms in total. The molecule has 1 aliphatic heterocycles. The van der Waals surface area contributed by atoms with Gasteiger partial charge >= 0.3 is 12.2 Å². The lowest BCUT2D eigenvalue weighted by Crippen LogP contribution is -2.26. The molecule has 0 saturated heterocycles. The van der Waals surface area contributed by atoms with E-state index in [9.17, 15) is 4.79 Å². The van der Waals surface area contributed by atoms with Crippen molar-refractivity contribution in [2.24, 2.45) is 0 Å². The van der Waals surface area contributed by atoms with Crippen LogP contribution in [0.5, 0.6) is 6.01 Å². The minimum atomic E-state index is -0.857. The first-order valence-electron chi connectivity index (χ1n) is 7.26. The first-order chi connectivity index (χ1) is 11.8. The van der Waals surface area contributed by atoms with Gasteiger partial charge in [-0.05, 0) is 24.3 Å². The monoisotopic (exact) mass is 323 g/mol. The van der Waals surface area contributed by atoms with Crippen molar-refractivity contribution in [3.8, 4) is 11.7 Å². The van der Waals surface area contributed by atoms with E-state index in [0.717, 1.165) is 17.2 Å². The van der Waals surface area contributed by atoms with Gasteiger partial charge in [-0.15, -0.1) is 5.10 Å². The van der Waals surface area contributed by atoms with Gasteiger partial charge in [-0.25, -0.2) is 14.5 Å².